The lowest BCUT2D eigenvalue weighted by molar-refractivity contribution is 0.0223. The summed E-state index contributed by atoms with van der Waals surface area (Å²) in [6.45, 7) is 2.57. The zero-order valence-corrected chi connectivity index (χ0v) is 12.9. The van der Waals surface area contributed by atoms with Crippen molar-refractivity contribution in [1.82, 2.24) is 4.72 Å². The average Bonchev–Trinajstić information content (AvgIpc) is 2.47. The minimum absolute atomic E-state index is 0.122. The quantitative estimate of drug-likeness (QED) is 0.693. The molecule has 0 aromatic heterocycles. The first-order valence-electron chi connectivity index (χ1n) is 7.03. The van der Waals surface area contributed by atoms with Crippen LogP contribution in [-0.4, -0.2) is 38.9 Å². The number of hydrogen-bond donors (Lipinski definition) is 3. The number of benzene rings is 1. The Kier molecular flexibility index (Phi) is 4.88. The van der Waals surface area contributed by atoms with E-state index >= 15 is 0 Å². The molecule has 0 aliphatic carbocycles. The number of aryl methyl sites for hydroxylation is 1. The summed E-state index contributed by atoms with van der Waals surface area (Å²) in [4.78, 5) is 0.122. The highest BCUT2D eigenvalue weighted by Gasteiger charge is 2.36. The standard InChI is InChI=1S/C14H22N2O4S/c1-2-11-3-4-12(9-13(11)15)21(18,19)16-14(10-17)5-7-20-8-6-14/h3-4,9,16-17H,2,5-8,10,15H2,1H3. The molecule has 0 bridgehead atoms. The van der Waals surface area contributed by atoms with Gasteiger partial charge < -0.3 is 15.6 Å². The van der Waals surface area contributed by atoms with Gasteiger partial charge in [-0.1, -0.05) is 13.0 Å². The van der Waals surface area contributed by atoms with E-state index in [-0.39, 0.29) is 11.5 Å². The molecule has 0 spiro atoms. The molecule has 2 rings (SSSR count). The van der Waals surface area contributed by atoms with E-state index in [4.69, 9.17) is 10.5 Å². The summed E-state index contributed by atoms with van der Waals surface area (Å²) in [5.41, 5.74) is 6.39. The molecule has 1 aliphatic heterocycles. The van der Waals surface area contributed by atoms with Gasteiger partial charge in [-0.05, 0) is 37.0 Å². The van der Waals surface area contributed by atoms with Crippen LogP contribution in [-0.2, 0) is 21.2 Å². The third-order valence-corrected chi connectivity index (χ3v) is 5.49. The van der Waals surface area contributed by atoms with Crippen LogP contribution in [0.15, 0.2) is 23.1 Å². The van der Waals surface area contributed by atoms with Crippen LogP contribution in [0, 0.1) is 0 Å². The second-order valence-corrected chi connectivity index (χ2v) is 7.05. The number of aliphatic hydroxyl groups is 1. The van der Waals surface area contributed by atoms with Crippen LogP contribution in [0.5, 0.6) is 0 Å². The third kappa shape index (κ3) is 3.55. The van der Waals surface area contributed by atoms with E-state index in [0.29, 0.717) is 31.7 Å². The second kappa shape index (κ2) is 6.31. The number of ether oxygens (including phenoxy) is 1. The van der Waals surface area contributed by atoms with E-state index in [9.17, 15) is 13.5 Å². The third-order valence-electron chi connectivity index (χ3n) is 3.91. The molecule has 6 nitrogen and oxygen atoms in total. The summed E-state index contributed by atoms with van der Waals surface area (Å²) in [7, 11) is -3.72. The van der Waals surface area contributed by atoms with Crippen LogP contribution in [0.3, 0.4) is 0 Å². The first-order chi connectivity index (χ1) is 9.92. The van der Waals surface area contributed by atoms with Crippen molar-refractivity contribution in [1.29, 1.82) is 0 Å². The Morgan fingerprint density at radius 1 is 1.38 bits per heavy atom. The van der Waals surface area contributed by atoms with Gasteiger partial charge in [-0.25, -0.2) is 13.1 Å². The number of anilines is 1. The Bertz CT molecular complexity index is 595. The van der Waals surface area contributed by atoms with Crippen molar-refractivity contribution in [2.45, 2.75) is 36.6 Å². The predicted molar refractivity (Wildman–Crippen MR) is 80.4 cm³/mol. The lowest BCUT2D eigenvalue weighted by Crippen LogP contribution is -2.54. The highest BCUT2D eigenvalue weighted by Crippen LogP contribution is 2.25. The lowest BCUT2D eigenvalue weighted by atomic mass is 9.93. The molecule has 1 aromatic rings. The molecule has 118 valence electrons. The Morgan fingerprint density at radius 3 is 2.57 bits per heavy atom. The molecule has 1 heterocycles. The number of nitrogens with two attached hydrogens (primary N) is 1. The van der Waals surface area contributed by atoms with Gasteiger partial charge in [0.25, 0.3) is 0 Å². The zero-order valence-electron chi connectivity index (χ0n) is 12.1. The van der Waals surface area contributed by atoms with E-state index in [1.165, 1.54) is 6.07 Å². The highest BCUT2D eigenvalue weighted by atomic mass is 32.2. The summed E-state index contributed by atoms with van der Waals surface area (Å²) in [5.74, 6) is 0. The summed E-state index contributed by atoms with van der Waals surface area (Å²) in [6.07, 6.45) is 1.65. The lowest BCUT2D eigenvalue weighted by Gasteiger charge is -2.35. The molecule has 0 atom stereocenters. The largest absolute Gasteiger partial charge is 0.398 e. The minimum atomic E-state index is -3.72. The molecule has 7 heteroatoms. The van der Waals surface area contributed by atoms with E-state index < -0.39 is 15.6 Å². The Balaban J connectivity index is 2.27. The number of rotatable bonds is 5. The average molecular weight is 314 g/mol. The Hall–Kier alpha value is -1.15. The van der Waals surface area contributed by atoms with E-state index in [2.05, 4.69) is 4.72 Å². The molecular formula is C14H22N2O4S. The zero-order chi connectivity index (χ0) is 15.5. The molecular weight excluding hydrogens is 292 g/mol. The molecule has 21 heavy (non-hydrogen) atoms. The molecule has 0 amide bonds. The molecule has 0 unspecified atom stereocenters. The van der Waals surface area contributed by atoms with Gasteiger partial charge in [0.2, 0.25) is 10.0 Å². The van der Waals surface area contributed by atoms with E-state index in [1.54, 1.807) is 12.1 Å². The number of nitrogen functional groups attached to an aromatic ring is 1. The van der Waals surface area contributed by atoms with Gasteiger partial charge in [-0.3, -0.25) is 0 Å². The van der Waals surface area contributed by atoms with Gasteiger partial charge in [0.05, 0.1) is 17.0 Å². The summed E-state index contributed by atoms with van der Waals surface area (Å²) < 4.78 is 32.9. The van der Waals surface area contributed by atoms with Crippen LogP contribution >= 0.6 is 0 Å². The van der Waals surface area contributed by atoms with Gasteiger partial charge in [0.1, 0.15) is 0 Å². The molecule has 1 aromatic carbocycles. The molecule has 0 saturated carbocycles. The number of nitrogens with one attached hydrogen (secondary N) is 1. The van der Waals surface area contributed by atoms with E-state index in [0.717, 1.165) is 12.0 Å². The summed E-state index contributed by atoms with van der Waals surface area (Å²) >= 11 is 0. The second-order valence-electron chi connectivity index (χ2n) is 5.37. The van der Waals surface area contributed by atoms with Crippen LogP contribution in [0.2, 0.25) is 0 Å². The van der Waals surface area contributed by atoms with Crippen molar-refractivity contribution in [3.8, 4) is 0 Å². The SMILES string of the molecule is CCc1ccc(S(=O)(=O)NC2(CO)CCOCC2)cc1N. The maximum atomic E-state index is 12.5. The first-order valence-corrected chi connectivity index (χ1v) is 8.52. The fourth-order valence-corrected chi connectivity index (χ4v) is 3.95. The van der Waals surface area contributed by atoms with E-state index in [1.807, 2.05) is 6.92 Å². The fraction of sp³-hybridized carbons (Fsp3) is 0.571. The van der Waals surface area contributed by atoms with Gasteiger partial charge in [0, 0.05) is 18.9 Å². The minimum Gasteiger partial charge on any atom is -0.398 e. The molecule has 0 radical (unpaired) electrons. The van der Waals surface area contributed by atoms with Crippen LogP contribution < -0.4 is 10.5 Å². The van der Waals surface area contributed by atoms with Gasteiger partial charge in [0.15, 0.2) is 0 Å². The van der Waals surface area contributed by atoms with Crippen LogP contribution in [0.25, 0.3) is 0 Å². The number of sulfonamides is 1. The molecule has 4 N–H and O–H groups in total. The number of aliphatic hydroxyl groups excluding tert-OH is 1. The molecule has 1 aliphatic rings. The normalized spacial score (nSPS) is 18.6. The molecule has 1 fully saturated rings. The van der Waals surface area contributed by atoms with Crippen LogP contribution in [0.1, 0.15) is 25.3 Å². The Morgan fingerprint density at radius 2 is 2.05 bits per heavy atom. The predicted octanol–water partition coefficient (Wildman–Crippen LogP) is 0.651. The monoisotopic (exact) mass is 314 g/mol. The highest BCUT2D eigenvalue weighted by molar-refractivity contribution is 7.89. The maximum absolute atomic E-state index is 12.5. The topological polar surface area (TPSA) is 102 Å². The summed E-state index contributed by atoms with van der Waals surface area (Å²) in [6, 6.07) is 4.73. The smallest absolute Gasteiger partial charge is 0.241 e. The van der Waals surface area contributed by atoms with Crippen molar-refractivity contribution >= 4 is 15.7 Å². The van der Waals surface area contributed by atoms with Crippen LogP contribution in [0.4, 0.5) is 5.69 Å². The van der Waals surface area contributed by atoms with Crippen molar-refractivity contribution in [2.24, 2.45) is 0 Å². The van der Waals surface area contributed by atoms with Gasteiger partial charge in [-0.2, -0.15) is 0 Å². The van der Waals surface area contributed by atoms with Gasteiger partial charge >= 0.3 is 0 Å². The number of hydrogen-bond acceptors (Lipinski definition) is 5. The Labute approximate surface area is 125 Å². The fourth-order valence-electron chi connectivity index (χ4n) is 2.46. The van der Waals surface area contributed by atoms with Crippen molar-refractivity contribution < 1.29 is 18.3 Å². The molecule has 1 saturated heterocycles. The van der Waals surface area contributed by atoms with Gasteiger partial charge in [-0.15, -0.1) is 0 Å². The van der Waals surface area contributed by atoms with Crippen molar-refractivity contribution in [3.63, 3.8) is 0 Å². The first kappa shape index (κ1) is 16.2. The van der Waals surface area contributed by atoms with Crippen molar-refractivity contribution in [3.05, 3.63) is 23.8 Å². The maximum Gasteiger partial charge on any atom is 0.241 e. The van der Waals surface area contributed by atoms with Crippen molar-refractivity contribution in [2.75, 3.05) is 25.6 Å². The summed E-state index contributed by atoms with van der Waals surface area (Å²) in [5, 5.41) is 9.58.